The highest BCUT2D eigenvalue weighted by Crippen LogP contribution is 2.25. The molecule has 0 saturated heterocycles. The van der Waals surface area contributed by atoms with Gasteiger partial charge in [-0.15, -0.1) is 0 Å². The van der Waals surface area contributed by atoms with Crippen LogP contribution in [0, 0.1) is 0 Å². The smallest absolute Gasteiger partial charge is 0.253 e. The van der Waals surface area contributed by atoms with E-state index in [4.69, 9.17) is 0 Å². The first-order chi connectivity index (χ1) is 8.84. The molecule has 3 heteroatoms. The van der Waals surface area contributed by atoms with E-state index in [1.165, 1.54) is 5.56 Å². The highest BCUT2D eigenvalue weighted by molar-refractivity contribution is 6.00. The van der Waals surface area contributed by atoms with Crippen LogP contribution < -0.4 is 10.6 Å². The monoisotopic (exact) mass is 238 g/mol. The molecule has 3 nitrogen and oxygen atoms in total. The molecule has 1 heterocycles. The largest absolute Gasteiger partial charge is 0.355 e. The molecule has 0 aliphatic carbocycles. The van der Waals surface area contributed by atoms with Gasteiger partial charge in [-0.05, 0) is 30.2 Å². The molecule has 0 radical (unpaired) electrons. The number of carbonyl (C=O) groups is 1. The fraction of sp³-hybridized carbons (Fsp3) is 0.133. The molecular weight excluding hydrogens is 224 g/mol. The highest BCUT2D eigenvalue weighted by atomic mass is 16.1. The van der Waals surface area contributed by atoms with Crippen molar-refractivity contribution in [3.8, 4) is 0 Å². The molecule has 0 aromatic heterocycles. The molecule has 1 aliphatic heterocycles. The molecule has 0 atom stereocenters. The molecule has 0 bridgehead atoms. The van der Waals surface area contributed by atoms with Gasteiger partial charge in [0.15, 0.2) is 0 Å². The van der Waals surface area contributed by atoms with Crippen molar-refractivity contribution >= 4 is 17.3 Å². The summed E-state index contributed by atoms with van der Waals surface area (Å²) in [5.74, 6) is -0.0223. The first-order valence-corrected chi connectivity index (χ1v) is 6.07. The van der Waals surface area contributed by atoms with Crippen molar-refractivity contribution in [3.05, 3.63) is 59.7 Å². The second kappa shape index (κ2) is 4.53. The van der Waals surface area contributed by atoms with E-state index in [0.717, 1.165) is 17.8 Å². The number of nitrogens with one attached hydrogen (secondary N) is 2. The Balaban J connectivity index is 2.10. The molecule has 0 spiro atoms. The normalized spacial score (nSPS) is 14.1. The zero-order valence-electron chi connectivity index (χ0n) is 9.94. The third-order valence-electron chi connectivity index (χ3n) is 3.14. The molecule has 1 amide bonds. The lowest BCUT2D eigenvalue weighted by Gasteiger charge is -2.11. The molecule has 3 rings (SSSR count). The maximum Gasteiger partial charge on any atom is 0.253 e. The summed E-state index contributed by atoms with van der Waals surface area (Å²) in [4.78, 5) is 12.0. The number of hydrogen-bond acceptors (Lipinski definition) is 2. The summed E-state index contributed by atoms with van der Waals surface area (Å²) in [5.41, 5.74) is 3.83. The fourth-order valence-electron chi connectivity index (χ4n) is 2.20. The van der Waals surface area contributed by atoms with Crippen molar-refractivity contribution < 1.29 is 4.79 Å². The fourth-order valence-corrected chi connectivity index (χ4v) is 2.20. The maximum absolute atomic E-state index is 12.0. The van der Waals surface area contributed by atoms with E-state index in [1.54, 1.807) is 0 Å². The third kappa shape index (κ3) is 1.95. The Bertz CT molecular complexity index is 593. The zero-order valence-corrected chi connectivity index (χ0v) is 9.94. The number of anilines is 2. The minimum atomic E-state index is -0.0223. The summed E-state index contributed by atoms with van der Waals surface area (Å²) in [7, 11) is 0. The van der Waals surface area contributed by atoms with E-state index in [2.05, 4.69) is 16.7 Å². The van der Waals surface area contributed by atoms with Gasteiger partial charge >= 0.3 is 0 Å². The summed E-state index contributed by atoms with van der Waals surface area (Å²) in [6, 6.07) is 15.7. The van der Waals surface area contributed by atoms with Crippen LogP contribution in [0.3, 0.4) is 0 Å². The Morgan fingerprint density at radius 2 is 1.61 bits per heavy atom. The Labute approximate surface area is 106 Å². The number of amides is 1. The number of para-hydroxylation sites is 2. The molecule has 0 fully saturated rings. The molecule has 90 valence electrons. The average molecular weight is 238 g/mol. The molecule has 0 unspecified atom stereocenters. The molecule has 18 heavy (non-hydrogen) atoms. The topological polar surface area (TPSA) is 41.1 Å². The van der Waals surface area contributed by atoms with Gasteiger partial charge in [0.2, 0.25) is 0 Å². The van der Waals surface area contributed by atoms with E-state index in [9.17, 15) is 4.79 Å². The standard InChI is InChI=1S/C15H14N2O/c18-15-12-6-2-4-8-14(12)17-13-7-3-1-5-11(13)9-10-16-15/h1-8,17H,9-10H2,(H,16,18). The first-order valence-electron chi connectivity index (χ1n) is 6.07. The second-order valence-corrected chi connectivity index (χ2v) is 4.33. The van der Waals surface area contributed by atoms with Crippen molar-refractivity contribution in [2.24, 2.45) is 0 Å². The van der Waals surface area contributed by atoms with Crippen molar-refractivity contribution in [2.45, 2.75) is 6.42 Å². The number of carbonyl (C=O) groups excluding carboxylic acids is 1. The molecule has 0 saturated carbocycles. The number of hydrogen-bond donors (Lipinski definition) is 2. The third-order valence-corrected chi connectivity index (χ3v) is 3.14. The van der Waals surface area contributed by atoms with Crippen molar-refractivity contribution in [2.75, 3.05) is 11.9 Å². The van der Waals surface area contributed by atoms with Gasteiger partial charge in [0.25, 0.3) is 5.91 Å². The van der Waals surface area contributed by atoms with Crippen LogP contribution in [0.5, 0.6) is 0 Å². The van der Waals surface area contributed by atoms with Crippen LogP contribution in [-0.4, -0.2) is 12.5 Å². The summed E-state index contributed by atoms with van der Waals surface area (Å²) in [6.45, 7) is 0.659. The summed E-state index contributed by atoms with van der Waals surface area (Å²) >= 11 is 0. The van der Waals surface area contributed by atoms with Crippen LogP contribution in [0.15, 0.2) is 48.5 Å². The van der Waals surface area contributed by atoms with Gasteiger partial charge in [-0.1, -0.05) is 30.3 Å². The predicted molar refractivity (Wildman–Crippen MR) is 72.2 cm³/mol. The minimum Gasteiger partial charge on any atom is -0.355 e. The SMILES string of the molecule is O=C1NCCc2ccccc2Nc2ccccc21. The van der Waals surface area contributed by atoms with E-state index in [-0.39, 0.29) is 5.91 Å². The average Bonchev–Trinajstić information content (AvgIpc) is 2.47. The van der Waals surface area contributed by atoms with Crippen LogP contribution >= 0.6 is 0 Å². The summed E-state index contributed by atoms with van der Waals surface area (Å²) < 4.78 is 0. The number of rotatable bonds is 0. The van der Waals surface area contributed by atoms with E-state index in [1.807, 2.05) is 42.5 Å². The quantitative estimate of drug-likeness (QED) is 0.741. The number of benzene rings is 2. The van der Waals surface area contributed by atoms with Crippen molar-refractivity contribution in [3.63, 3.8) is 0 Å². The van der Waals surface area contributed by atoms with Gasteiger partial charge < -0.3 is 10.6 Å². The van der Waals surface area contributed by atoms with Crippen LogP contribution in [0.4, 0.5) is 11.4 Å². The van der Waals surface area contributed by atoms with Crippen LogP contribution in [-0.2, 0) is 6.42 Å². The lowest BCUT2D eigenvalue weighted by atomic mass is 10.1. The van der Waals surface area contributed by atoms with Gasteiger partial charge in [-0.2, -0.15) is 0 Å². The summed E-state index contributed by atoms with van der Waals surface area (Å²) in [5, 5.41) is 6.30. The van der Waals surface area contributed by atoms with E-state index >= 15 is 0 Å². The molecule has 2 aromatic rings. The minimum absolute atomic E-state index is 0.0223. The van der Waals surface area contributed by atoms with Gasteiger partial charge in [-0.25, -0.2) is 0 Å². The predicted octanol–water partition coefficient (Wildman–Crippen LogP) is 2.72. The van der Waals surface area contributed by atoms with Gasteiger partial charge in [0, 0.05) is 12.2 Å². The first kappa shape index (κ1) is 10.8. The Morgan fingerprint density at radius 3 is 2.50 bits per heavy atom. The van der Waals surface area contributed by atoms with Gasteiger partial charge in [0.1, 0.15) is 0 Å². The molecular formula is C15H14N2O. The lowest BCUT2D eigenvalue weighted by molar-refractivity contribution is 0.0955. The lowest BCUT2D eigenvalue weighted by Crippen LogP contribution is -2.25. The van der Waals surface area contributed by atoms with Crippen molar-refractivity contribution in [1.29, 1.82) is 0 Å². The molecule has 2 N–H and O–H groups in total. The maximum atomic E-state index is 12.0. The summed E-state index contributed by atoms with van der Waals surface area (Å²) in [6.07, 6.45) is 0.836. The van der Waals surface area contributed by atoms with Gasteiger partial charge in [-0.3, -0.25) is 4.79 Å². The van der Waals surface area contributed by atoms with Gasteiger partial charge in [0.05, 0.1) is 11.3 Å². The van der Waals surface area contributed by atoms with Crippen molar-refractivity contribution in [1.82, 2.24) is 5.32 Å². The van der Waals surface area contributed by atoms with E-state index < -0.39 is 0 Å². The Hall–Kier alpha value is -2.29. The Kier molecular flexibility index (Phi) is 2.73. The van der Waals surface area contributed by atoms with Crippen LogP contribution in [0.1, 0.15) is 15.9 Å². The highest BCUT2D eigenvalue weighted by Gasteiger charge is 2.14. The molecule has 1 aliphatic rings. The molecule has 2 aromatic carbocycles. The number of fused-ring (bicyclic) bond motifs is 2. The van der Waals surface area contributed by atoms with E-state index in [0.29, 0.717) is 12.1 Å². The Morgan fingerprint density at radius 1 is 0.889 bits per heavy atom. The van der Waals surface area contributed by atoms with Crippen LogP contribution in [0.25, 0.3) is 0 Å². The second-order valence-electron chi connectivity index (χ2n) is 4.33. The van der Waals surface area contributed by atoms with Crippen LogP contribution in [0.2, 0.25) is 0 Å². The zero-order chi connectivity index (χ0) is 12.4.